The van der Waals surface area contributed by atoms with Crippen LogP contribution >= 0.6 is 0 Å². The van der Waals surface area contributed by atoms with Crippen molar-refractivity contribution in [2.24, 2.45) is 0 Å². The molecule has 0 aromatic heterocycles. The molecule has 2 aromatic rings. The number of rotatable bonds is 8. The van der Waals surface area contributed by atoms with E-state index in [9.17, 15) is 4.79 Å². The van der Waals surface area contributed by atoms with Crippen LogP contribution in [0.25, 0.3) is 0 Å². The van der Waals surface area contributed by atoms with Gasteiger partial charge >= 0.3 is 0 Å². The van der Waals surface area contributed by atoms with Crippen molar-refractivity contribution in [2.45, 2.75) is 39.0 Å². The van der Waals surface area contributed by atoms with E-state index in [2.05, 4.69) is 28.4 Å². The first-order valence-electron chi connectivity index (χ1n) is 9.54. The molecule has 1 fully saturated rings. The number of carbonyl (C=O) groups is 1. The Bertz CT molecular complexity index is 757. The standard InChI is InChI=1S/C22H28N2O3/c1-17(27-21-12-6-5-11-20(21)26-2)22(25)23-15-18-9-3-4-10-19(18)16-24-13-7-8-14-24/h3-6,9-12,17H,7-8,13-16H2,1-2H3,(H,23,25). The minimum absolute atomic E-state index is 0.142. The summed E-state index contributed by atoms with van der Waals surface area (Å²) in [6.45, 7) is 5.51. The van der Waals surface area contributed by atoms with Crippen molar-refractivity contribution in [3.8, 4) is 11.5 Å². The molecule has 2 aromatic carbocycles. The van der Waals surface area contributed by atoms with Gasteiger partial charge in [0.2, 0.25) is 0 Å². The summed E-state index contributed by atoms with van der Waals surface area (Å²) in [5, 5.41) is 3.00. The highest BCUT2D eigenvalue weighted by Gasteiger charge is 2.18. The zero-order chi connectivity index (χ0) is 19.1. The first-order chi connectivity index (χ1) is 13.2. The van der Waals surface area contributed by atoms with Gasteiger partial charge in [-0.3, -0.25) is 9.69 Å². The van der Waals surface area contributed by atoms with Gasteiger partial charge in [0.15, 0.2) is 17.6 Å². The second-order valence-corrected chi connectivity index (χ2v) is 6.88. The number of amides is 1. The molecular formula is C22H28N2O3. The lowest BCUT2D eigenvalue weighted by Crippen LogP contribution is -2.36. The van der Waals surface area contributed by atoms with Crippen molar-refractivity contribution in [1.29, 1.82) is 0 Å². The van der Waals surface area contributed by atoms with Crippen molar-refractivity contribution >= 4 is 5.91 Å². The van der Waals surface area contributed by atoms with Gasteiger partial charge in [-0.1, -0.05) is 36.4 Å². The minimum Gasteiger partial charge on any atom is -0.493 e. The Hall–Kier alpha value is -2.53. The van der Waals surface area contributed by atoms with Crippen molar-refractivity contribution in [1.82, 2.24) is 10.2 Å². The molecule has 1 aliphatic heterocycles. The molecule has 1 aliphatic rings. The van der Waals surface area contributed by atoms with Gasteiger partial charge in [0.25, 0.3) is 5.91 Å². The quantitative estimate of drug-likeness (QED) is 0.776. The first-order valence-corrected chi connectivity index (χ1v) is 9.54. The Labute approximate surface area is 161 Å². The van der Waals surface area contributed by atoms with Crippen LogP contribution in [0.1, 0.15) is 30.9 Å². The number of methoxy groups -OCH3 is 1. The maximum atomic E-state index is 12.5. The van der Waals surface area contributed by atoms with Crippen LogP contribution in [-0.2, 0) is 17.9 Å². The van der Waals surface area contributed by atoms with Crippen LogP contribution in [-0.4, -0.2) is 37.1 Å². The first kappa shape index (κ1) is 19.2. The zero-order valence-electron chi connectivity index (χ0n) is 16.1. The molecule has 1 unspecified atom stereocenters. The molecule has 0 saturated carbocycles. The van der Waals surface area contributed by atoms with Gasteiger partial charge in [0, 0.05) is 13.1 Å². The van der Waals surface area contributed by atoms with Crippen LogP contribution in [0.2, 0.25) is 0 Å². The maximum absolute atomic E-state index is 12.5. The molecule has 0 spiro atoms. The normalized spacial score (nSPS) is 15.3. The number of hydrogen-bond donors (Lipinski definition) is 1. The molecule has 0 aliphatic carbocycles. The highest BCUT2D eigenvalue weighted by Crippen LogP contribution is 2.26. The number of nitrogens with zero attached hydrogens (tertiary/aromatic N) is 1. The summed E-state index contributed by atoms with van der Waals surface area (Å²) in [7, 11) is 1.59. The van der Waals surface area contributed by atoms with Gasteiger partial charge in [-0.15, -0.1) is 0 Å². The smallest absolute Gasteiger partial charge is 0.261 e. The summed E-state index contributed by atoms with van der Waals surface area (Å²) in [4.78, 5) is 15.0. The molecule has 1 saturated heterocycles. The van der Waals surface area contributed by atoms with Gasteiger partial charge in [-0.05, 0) is 56.1 Å². The third-order valence-corrected chi connectivity index (χ3v) is 4.91. The molecular weight excluding hydrogens is 340 g/mol. The molecule has 1 heterocycles. The second-order valence-electron chi connectivity index (χ2n) is 6.88. The summed E-state index contributed by atoms with van der Waals surface area (Å²) in [5.41, 5.74) is 2.43. The van der Waals surface area contributed by atoms with Crippen LogP contribution in [0.15, 0.2) is 48.5 Å². The second kappa shape index (κ2) is 9.42. The average molecular weight is 368 g/mol. The summed E-state index contributed by atoms with van der Waals surface area (Å²) in [5.74, 6) is 1.04. The van der Waals surface area contributed by atoms with E-state index in [1.807, 2.05) is 24.3 Å². The number of carbonyl (C=O) groups excluding carboxylic acids is 1. The van der Waals surface area contributed by atoms with Gasteiger partial charge in [0.05, 0.1) is 7.11 Å². The Morgan fingerprint density at radius 1 is 1.04 bits per heavy atom. The van der Waals surface area contributed by atoms with E-state index in [4.69, 9.17) is 9.47 Å². The molecule has 5 nitrogen and oxygen atoms in total. The number of ether oxygens (including phenoxy) is 2. The van der Waals surface area contributed by atoms with Crippen LogP contribution in [0.5, 0.6) is 11.5 Å². The number of likely N-dealkylation sites (tertiary alicyclic amines) is 1. The molecule has 0 bridgehead atoms. The van der Waals surface area contributed by atoms with Crippen LogP contribution in [0.3, 0.4) is 0 Å². The van der Waals surface area contributed by atoms with Crippen molar-refractivity contribution in [2.75, 3.05) is 20.2 Å². The lowest BCUT2D eigenvalue weighted by Gasteiger charge is -2.19. The van der Waals surface area contributed by atoms with Crippen molar-refractivity contribution < 1.29 is 14.3 Å². The highest BCUT2D eigenvalue weighted by molar-refractivity contribution is 5.80. The molecule has 1 N–H and O–H groups in total. The number of benzene rings is 2. The topological polar surface area (TPSA) is 50.8 Å². The van der Waals surface area contributed by atoms with Crippen LogP contribution < -0.4 is 14.8 Å². The molecule has 0 radical (unpaired) electrons. The predicted molar refractivity (Wildman–Crippen MR) is 106 cm³/mol. The van der Waals surface area contributed by atoms with Crippen molar-refractivity contribution in [3.63, 3.8) is 0 Å². The summed E-state index contributed by atoms with van der Waals surface area (Å²) >= 11 is 0. The molecule has 3 rings (SSSR count). The Morgan fingerprint density at radius 3 is 2.37 bits per heavy atom. The van der Waals surface area contributed by atoms with Gasteiger partial charge < -0.3 is 14.8 Å². The lowest BCUT2D eigenvalue weighted by molar-refractivity contribution is -0.127. The van der Waals surface area contributed by atoms with Gasteiger partial charge in [0.1, 0.15) is 0 Å². The van der Waals surface area contributed by atoms with Crippen molar-refractivity contribution in [3.05, 3.63) is 59.7 Å². The van der Waals surface area contributed by atoms with Gasteiger partial charge in [-0.25, -0.2) is 0 Å². The monoisotopic (exact) mass is 368 g/mol. The number of nitrogens with one attached hydrogen (secondary N) is 1. The molecule has 1 atom stereocenters. The lowest BCUT2D eigenvalue weighted by atomic mass is 10.1. The van der Waals surface area contributed by atoms with E-state index < -0.39 is 6.10 Å². The minimum atomic E-state index is -0.605. The summed E-state index contributed by atoms with van der Waals surface area (Å²) < 4.78 is 11.1. The fraction of sp³-hybridized carbons (Fsp3) is 0.409. The Kier molecular flexibility index (Phi) is 6.71. The summed E-state index contributed by atoms with van der Waals surface area (Å²) in [6.07, 6.45) is 1.94. The average Bonchev–Trinajstić information content (AvgIpc) is 3.20. The third kappa shape index (κ3) is 5.23. The largest absolute Gasteiger partial charge is 0.493 e. The molecule has 144 valence electrons. The van der Waals surface area contributed by atoms with E-state index in [-0.39, 0.29) is 5.91 Å². The zero-order valence-corrected chi connectivity index (χ0v) is 16.1. The van der Waals surface area contributed by atoms with Gasteiger partial charge in [-0.2, -0.15) is 0 Å². The van der Waals surface area contributed by atoms with E-state index in [0.717, 1.165) is 25.2 Å². The van der Waals surface area contributed by atoms with E-state index in [0.29, 0.717) is 18.0 Å². The highest BCUT2D eigenvalue weighted by atomic mass is 16.5. The fourth-order valence-electron chi connectivity index (χ4n) is 3.35. The molecule has 1 amide bonds. The third-order valence-electron chi connectivity index (χ3n) is 4.91. The summed E-state index contributed by atoms with van der Waals surface area (Å²) in [6, 6.07) is 15.6. The van der Waals surface area contributed by atoms with Crippen LogP contribution in [0, 0.1) is 0 Å². The molecule has 5 heteroatoms. The van der Waals surface area contributed by atoms with Crippen LogP contribution in [0.4, 0.5) is 0 Å². The Balaban J connectivity index is 1.57. The predicted octanol–water partition coefficient (Wildman–Crippen LogP) is 3.37. The molecule has 27 heavy (non-hydrogen) atoms. The number of hydrogen-bond acceptors (Lipinski definition) is 4. The van der Waals surface area contributed by atoms with E-state index in [1.165, 1.54) is 18.4 Å². The fourth-order valence-corrected chi connectivity index (χ4v) is 3.35. The SMILES string of the molecule is COc1ccccc1OC(C)C(=O)NCc1ccccc1CN1CCCC1. The van der Waals surface area contributed by atoms with E-state index in [1.54, 1.807) is 20.1 Å². The Morgan fingerprint density at radius 2 is 1.67 bits per heavy atom. The maximum Gasteiger partial charge on any atom is 0.261 e. The van der Waals surface area contributed by atoms with E-state index >= 15 is 0 Å². The number of para-hydroxylation sites is 2.